The Kier molecular flexibility index (Phi) is 4.36. The van der Waals surface area contributed by atoms with Gasteiger partial charge < -0.3 is 9.53 Å². The van der Waals surface area contributed by atoms with Crippen LogP contribution >= 0.6 is 0 Å². The first-order valence-electron chi connectivity index (χ1n) is 5.49. The van der Waals surface area contributed by atoms with Crippen LogP contribution in [0.3, 0.4) is 0 Å². The summed E-state index contributed by atoms with van der Waals surface area (Å²) in [6.45, 7) is 6.75. The summed E-state index contributed by atoms with van der Waals surface area (Å²) in [5.41, 5.74) is 0. The lowest BCUT2D eigenvalue weighted by molar-refractivity contribution is 0.309. The summed E-state index contributed by atoms with van der Waals surface area (Å²) in [5, 5.41) is 1.05. The highest BCUT2D eigenvalue weighted by Crippen LogP contribution is 2.10. The van der Waals surface area contributed by atoms with E-state index in [1.54, 1.807) is 0 Å². The first kappa shape index (κ1) is 12.3. The van der Waals surface area contributed by atoms with Gasteiger partial charge in [0, 0.05) is 0 Å². The SMILES string of the molecule is CCCCOc1ccc([Si](C)(C)O)cc1. The van der Waals surface area contributed by atoms with E-state index in [1.807, 2.05) is 37.4 Å². The second-order valence-corrected chi connectivity index (χ2v) is 7.98. The number of ether oxygens (including phenoxy) is 1. The van der Waals surface area contributed by atoms with Gasteiger partial charge >= 0.3 is 0 Å². The van der Waals surface area contributed by atoms with Crippen molar-refractivity contribution in [1.82, 2.24) is 0 Å². The molecular weight excluding hydrogens is 204 g/mol. The summed E-state index contributed by atoms with van der Waals surface area (Å²) in [7, 11) is -2.15. The molecule has 0 atom stereocenters. The van der Waals surface area contributed by atoms with Crippen molar-refractivity contribution in [2.45, 2.75) is 32.9 Å². The molecule has 0 fully saturated rings. The Hall–Kier alpha value is -0.803. The number of unbranched alkanes of at least 4 members (excludes halogenated alkanes) is 1. The molecule has 0 amide bonds. The minimum absolute atomic E-state index is 0.774. The highest BCUT2D eigenvalue weighted by atomic mass is 28.4. The maximum Gasteiger partial charge on any atom is 0.213 e. The molecule has 1 aromatic rings. The Bertz CT molecular complexity index is 287. The average Bonchev–Trinajstić information content (AvgIpc) is 2.18. The first-order chi connectivity index (χ1) is 7.04. The second kappa shape index (κ2) is 5.33. The molecule has 0 saturated heterocycles. The van der Waals surface area contributed by atoms with Crippen LogP contribution in [0.1, 0.15) is 19.8 Å². The maximum atomic E-state index is 9.89. The fraction of sp³-hybridized carbons (Fsp3) is 0.500. The van der Waals surface area contributed by atoms with Gasteiger partial charge in [-0.25, -0.2) is 0 Å². The van der Waals surface area contributed by atoms with Crippen LogP contribution in [0.25, 0.3) is 0 Å². The molecule has 0 saturated carbocycles. The van der Waals surface area contributed by atoms with E-state index in [0.717, 1.165) is 30.4 Å². The molecule has 0 spiro atoms. The topological polar surface area (TPSA) is 29.5 Å². The van der Waals surface area contributed by atoms with Crippen molar-refractivity contribution in [1.29, 1.82) is 0 Å². The predicted octanol–water partition coefficient (Wildman–Crippen LogP) is 2.27. The summed E-state index contributed by atoms with van der Waals surface area (Å²) in [4.78, 5) is 9.89. The minimum Gasteiger partial charge on any atom is -0.494 e. The molecule has 0 aliphatic heterocycles. The standard InChI is InChI=1S/C12H20O2Si/c1-4-5-10-14-11-6-8-12(9-7-11)15(2,3)13/h6-9,13H,4-5,10H2,1-3H3. The van der Waals surface area contributed by atoms with E-state index in [4.69, 9.17) is 4.74 Å². The van der Waals surface area contributed by atoms with Crippen LogP contribution in [-0.4, -0.2) is 19.7 Å². The molecule has 0 unspecified atom stereocenters. The van der Waals surface area contributed by atoms with E-state index in [9.17, 15) is 4.80 Å². The zero-order chi connectivity index (χ0) is 11.3. The van der Waals surface area contributed by atoms with Gasteiger partial charge in [0.1, 0.15) is 5.75 Å². The van der Waals surface area contributed by atoms with Crippen LogP contribution in [-0.2, 0) is 0 Å². The normalized spacial score (nSPS) is 11.5. The quantitative estimate of drug-likeness (QED) is 0.614. The Balaban J connectivity index is 2.57. The molecule has 1 aromatic carbocycles. The number of rotatable bonds is 5. The lowest BCUT2D eigenvalue weighted by Crippen LogP contribution is -2.41. The molecule has 0 heterocycles. The van der Waals surface area contributed by atoms with Crippen LogP contribution in [0, 0.1) is 0 Å². The zero-order valence-corrected chi connectivity index (χ0v) is 10.8. The zero-order valence-electron chi connectivity index (χ0n) is 9.79. The third kappa shape index (κ3) is 4.06. The van der Waals surface area contributed by atoms with Crippen molar-refractivity contribution in [3.05, 3.63) is 24.3 Å². The third-order valence-corrected chi connectivity index (χ3v) is 4.07. The molecule has 0 bridgehead atoms. The summed E-state index contributed by atoms with van der Waals surface area (Å²) < 4.78 is 5.55. The summed E-state index contributed by atoms with van der Waals surface area (Å²) in [5.74, 6) is 0.894. The van der Waals surface area contributed by atoms with E-state index < -0.39 is 8.32 Å². The van der Waals surface area contributed by atoms with Crippen LogP contribution < -0.4 is 9.92 Å². The van der Waals surface area contributed by atoms with E-state index in [1.165, 1.54) is 0 Å². The van der Waals surface area contributed by atoms with Crippen LogP contribution in [0.4, 0.5) is 0 Å². The lowest BCUT2D eigenvalue weighted by Gasteiger charge is -2.14. The largest absolute Gasteiger partial charge is 0.494 e. The first-order valence-corrected chi connectivity index (χ1v) is 8.44. The Labute approximate surface area is 93.0 Å². The molecule has 0 aromatic heterocycles. The Morgan fingerprint density at radius 1 is 1.20 bits per heavy atom. The van der Waals surface area contributed by atoms with Crippen LogP contribution in [0.5, 0.6) is 5.75 Å². The molecule has 3 heteroatoms. The molecule has 2 nitrogen and oxygen atoms in total. The maximum absolute atomic E-state index is 9.89. The number of benzene rings is 1. The average molecular weight is 224 g/mol. The van der Waals surface area contributed by atoms with Crippen molar-refractivity contribution >= 4 is 13.5 Å². The number of hydrogen-bond acceptors (Lipinski definition) is 2. The van der Waals surface area contributed by atoms with Crippen molar-refractivity contribution in [2.24, 2.45) is 0 Å². The fourth-order valence-corrected chi connectivity index (χ4v) is 2.28. The second-order valence-electron chi connectivity index (χ2n) is 4.29. The Morgan fingerprint density at radius 3 is 2.27 bits per heavy atom. The summed E-state index contributed by atoms with van der Waals surface area (Å²) in [6.07, 6.45) is 2.23. The van der Waals surface area contributed by atoms with Crippen molar-refractivity contribution in [2.75, 3.05) is 6.61 Å². The van der Waals surface area contributed by atoms with Gasteiger partial charge in [0.05, 0.1) is 6.61 Å². The van der Waals surface area contributed by atoms with Crippen molar-refractivity contribution in [3.8, 4) is 5.75 Å². The van der Waals surface area contributed by atoms with E-state index in [2.05, 4.69) is 6.92 Å². The highest BCUT2D eigenvalue weighted by molar-refractivity contribution is 6.83. The van der Waals surface area contributed by atoms with Crippen LogP contribution in [0.15, 0.2) is 24.3 Å². The van der Waals surface area contributed by atoms with Gasteiger partial charge in [-0.3, -0.25) is 0 Å². The van der Waals surface area contributed by atoms with E-state index >= 15 is 0 Å². The van der Waals surface area contributed by atoms with Gasteiger partial charge in [-0.2, -0.15) is 0 Å². The highest BCUT2D eigenvalue weighted by Gasteiger charge is 2.19. The monoisotopic (exact) mass is 224 g/mol. The van der Waals surface area contributed by atoms with Crippen molar-refractivity contribution < 1.29 is 9.53 Å². The lowest BCUT2D eigenvalue weighted by atomic mass is 10.3. The van der Waals surface area contributed by atoms with Gasteiger partial charge in [0.25, 0.3) is 0 Å². The summed E-state index contributed by atoms with van der Waals surface area (Å²) in [6, 6.07) is 7.81. The molecule has 1 N–H and O–H groups in total. The minimum atomic E-state index is -2.15. The molecule has 1 rings (SSSR count). The molecular formula is C12H20O2Si. The van der Waals surface area contributed by atoms with Gasteiger partial charge in [0.2, 0.25) is 8.32 Å². The molecule has 0 aliphatic carbocycles. The van der Waals surface area contributed by atoms with E-state index in [0.29, 0.717) is 0 Å². The predicted molar refractivity (Wildman–Crippen MR) is 66.2 cm³/mol. The molecule has 15 heavy (non-hydrogen) atoms. The number of hydrogen-bond donors (Lipinski definition) is 1. The smallest absolute Gasteiger partial charge is 0.213 e. The van der Waals surface area contributed by atoms with Crippen molar-refractivity contribution in [3.63, 3.8) is 0 Å². The van der Waals surface area contributed by atoms with Crippen LogP contribution in [0.2, 0.25) is 13.1 Å². The Morgan fingerprint density at radius 2 is 1.80 bits per heavy atom. The third-order valence-electron chi connectivity index (χ3n) is 2.33. The fourth-order valence-electron chi connectivity index (χ4n) is 1.29. The van der Waals surface area contributed by atoms with Gasteiger partial charge in [-0.05, 0) is 36.8 Å². The molecule has 84 valence electrons. The molecule has 0 radical (unpaired) electrons. The van der Waals surface area contributed by atoms with Gasteiger partial charge in [0.15, 0.2) is 0 Å². The van der Waals surface area contributed by atoms with E-state index in [-0.39, 0.29) is 0 Å². The van der Waals surface area contributed by atoms with Gasteiger partial charge in [-0.1, -0.05) is 25.5 Å². The molecule has 0 aliphatic rings. The summed E-state index contributed by atoms with van der Waals surface area (Å²) >= 11 is 0. The van der Waals surface area contributed by atoms with Gasteiger partial charge in [-0.15, -0.1) is 0 Å².